The molecule has 1 saturated heterocycles. The van der Waals surface area contributed by atoms with Gasteiger partial charge in [-0.05, 0) is 19.1 Å². The van der Waals surface area contributed by atoms with Crippen LogP contribution < -0.4 is 5.32 Å². The van der Waals surface area contributed by atoms with Crippen LogP contribution in [0.25, 0.3) is 10.9 Å². The van der Waals surface area contributed by atoms with Gasteiger partial charge in [0.15, 0.2) is 5.79 Å². The molecule has 1 aliphatic heterocycles. The summed E-state index contributed by atoms with van der Waals surface area (Å²) in [4.78, 5) is 4.58. The second-order valence-electron chi connectivity index (χ2n) is 5.35. The van der Waals surface area contributed by atoms with Gasteiger partial charge in [0.05, 0.1) is 25.3 Å². The van der Waals surface area contributed by atoms with Gasteiger partial charge in [0.2, 0.25) is 0 Å². The number of fused-ring (bicyclic) bond motifs is 1. The van der Waals surface area contributed by atoms with E-state index in [4.69, 9.17) is 9.47 Å². The Bertz CT molecular complexity index is 624. The molecule has 5 nitrogen and oxygen atoms in total. The normalized spacial score (nSPS) is 17.2. The minimum Gasteiger partial charge on any atom is -0.392 e. The number of aromatic nitrogens is 1. The number of para-hydroxylation sites is 1. The molecule has 1 aliphatic rings. The predicted molar refractivity (Wildman–Crippen MR) is 81.1 cm³/mol. The first kappa shape index (κ1) is 14.3. The number of ether oxygens (including phenoxy) is 2. The van der Waals surface area contributed by atoms with Gasteiger partial charge in [-0.25, -0.2) is 4.98 Å². The van der Waals surface area contributed by atoms with Crippen LogP contribution >= 0.6 is 0 Å². The van der Waals surface area contributed by atoms with Crippen molar-refractivity contribution in [2.45, 2.75) is 25.7 Å². The van der Waals surface area contributed by atoms with Crippen LogP contribution in [0, 0.1) is 0 Å². The lowest BCUT2D eigenvalue weighted by atomic mass is 10.1. The summed E-state index contributed by atoms with van der Waals surface area (Å²) in [6.45, 7) is 3.88. The second kappa shape index (κ2) is 5.97. The Hall–Kier alpha value is -1.69. The Morgan fingerprint density at radius 1 is 1.29 bits per heavy atom. The van der Waals surface area contributed by atoms with Crippen molar-refractivity contribution >= 4 is 16.7 Å². The van der Waals surface area contributed by atoms with Crippen molar-refractivity contribution in [1.82, 2.24) is 4.98 Å². The number of nitrogens with zero attached hydrogens (tertiary/aromatic N) is 1. The van der Waals surface area contributed by atoms with Gasteiger partial charge in [-0.15, -0.1) is 0 Å². The van der Waals surface area contributed by atoms with E-state index in [1.54, 1.807) is 0 Å². The highest BCUT2D eigenvalue weighted by atomic mass is 16.7. The maximum absolute atomic E-state index is 9.51. The average Bonchev–Trinajstić information content (AvgIpc) is 2.93. The van der Waals surface area contributed by atoms with Crippen molar-refractivity contribution in [3.63, 3.8) is 0 Å². The monoisotopic (exact) mass is 288 g/mol. The standard InChI is InChI=1S/C16H20N2O3/c1-16(20-8-9-21-16)6-7-17-15-13(11-19)10-12-4-2-3-5-14(12)18-15/h2-5,10,19H,6-9,11H2,1H3,(H,17,18). The van der Waals surface area contributed by atoms with Gasteiger partial charge < -0.3 is 19.9 Å². The molecule has 112 valence electrons. The smallest absolute Gasteiger partial charge is 0.167 e. The third-order valence-corrected chi connectivity index (χ3v) is 3.74. The van der Waals surface area contributed by atoms with E-state index in [1.165, 1.54) is 0 Å². The van der Waals surface area contributed by atoms with E-state index >= 15 is 0 Å². The fourth-order valence-corrected chi connectivity index (χ4v) is 2.54. The summed E-state index contributed by atoms with van der Waals surface area (Å²) in [5, 5.41) is 13.8. The molecule has 0 aliphatic carbocycles. The van der Waals surface area contributed by atoms with Crippen molar-refractivity contribution in [2.75, 3.05) is 25.1 Å². The zero-order valence-corrected chi connectivity index (χ0v) is 12.1. The number of rotatable bonds is 5. The van der Waals surface area contributed by atoms with Crippen molar-refractivity contribution in [3.8, 4) is 0 Å². The molecule has 0 radical (unpaired) electrons. The van der Waals surface area contributed by atoms with Crippen molar-refractivity contribution < 1.29 is 14.6 Å². The van der Waals surface area contributed by atoms with Crippen molar-refractivity contribution in [1.29, 1.82) is 0 Å². The van der Waals surface area contributed by atoms with Crippen LogP contribution in [0.15, 0.2) is 30.3 Å². The summed E-state index contributed by atoms with van der Waals surface area (Å²) in [5.41, 5.74) is 1.71. The molecule has 3 rings (SSSR count). The van der Waals surface area contributed by atoms with Crippen LogP contribution in [-0.4, -0.2) is 35.6 Å². The van der Waals surface area contributed by atoms with E-state index in [9.17, 15) is 5.11 Å². The van der Waals surface area contributed by atoms with E-state index in [0.29, 0.717) is 19.8 Å². The SMILES string of the molecule is CC1(CCNc2nc3ccccc3cc2CO)OCCO1. The van der Waals surface area contributed by atoms with Gasteiger partial charge in [0.25, 0.3) is 0 Å². The van der Waals surface area contributed by atoms with Crippen LogP contribution in [-0.2, 0) is 16.1 Å². The second-order valence-corrected chi connectivity index (χ2v) is 5.35. The van der Waals surface area contributed by atoms with Gasteiger partial charge in [0.1, 0.15) is 5.82 Å². The van der Waals surface area contributed by atoms with Gasteiger partial charge in [-0.2, -0.15) is 0 Å². The number of pyridine rings is 1. The quantitative estimate of drug-likeness (QED) is 0.884. The third kappa shape index (κ3) is 3.15. The summed E-state index contributed by atoms with van der Waals surface area (Å²) in [6, 6.07) is 9.85. The zero-order valence-electron chi connectivity index (χ0n) is 12.1. The highest BCUT2D eigenvalue weighted by Crippen LogP contribution is 2.24. The molecule has 2 aromatic rings. The number of hydrogen-bond acceptors (Lipinski definition) is 5. The fraction of sp³-hybridized carbons (Fsp3) is 0.438. The van der Waals surface area contributed by atoms with Crippen molar-refractivity contribution in [2.24, 2.45) is 0 Å². The van der Waals surface area contributed by atoms with E-state index in [2.05, 4.69) is 10.3 Å². The van der Waals surface area contributed by atoms with Gasteiger partial charge in [-0.3, -0.25) is 0 Å². The number of hydrogen-bond donors (Lipinski definition) is 2. The Balaban J connectivity index is 1.73. The largest absolute Gasteiger partial charge is 0.392 e. The van der Waals surface area contributed by atoms with E-state index < -0.39 is 5.79 Å². The highest BCUT2D eigenvalue weighted by molar-refractivity contribution is 5.81. The number of benzene rings is 1. The van der Waals surface area contributed by atoms with E-state index in [0.717, 1.165) is 28.7 Å². The van der Waals surface area contributed by atoms with Gasteiger partial charge >= 0.3 is 0 Å². The molecule has 2 N–H and O–H groups in total. The van der Waals surface area contributed by atoms with Gasteiger partial charge in [-0.1, -0.05) is 18.2 Å². The summed E-state index contributed by atoms with van der Waals surface area (Å²) >= 11 is 0. The molecule has 0 saturated carbocycles. The van der Waals surface area contributed by atoms with Crippen molar-refractivity contribution in [3.05, 3.63) is 35.9 Å². The molecule has 2 heterocycles. The van der Waals surface area contributed by atoms with Gasteiger partial charge in [0, 0.05) is 23.9 Å². The molecule has 0 unspecified atom stereocenters. The molecule has 0 atom stereocenters. The van der Waals surface area contributed by atoms with E-state index in [-0.39, 0.29) is 6.61 Å². The molecule has 5 heteroatoms. The molecule has 1 aromatic carbocycles. The lowest BCUT2D eigenvalue weighted by Gasteiger charge is -2.22. The van der Waals surface area contributed by atoms with Crippen LogP contribution in [0.5, 0.6) is 0 Å². The summed E-state index contributed by atoms with van der Waals surface area (Å²) in [6.07, 6.45) is 0.729. The molecular formula is C16H20N2O3. The first-order valence-corrected chi connectivity index (χ1v) is 7.21. The molecule has 1 aromatic heterocycles. The maximum atomic E-state index is 9.51. The maximum Gasteiger partial charge on any atom is 0.167 e. The minimum atomic E-state index is -0.511. The molecular weight excluding hydrogens is 268 g/mol. The zero-order chi connectivity index (χ0) is 14.7. The predicted octanol–water partition coefficient (Wildman–Crippen LogP) is 2.29. The molecule has 21 heavy (non-hydrogen) atoms. The van der Waals surface area contributed by atoms with E-state index in [1.807, 2.05) is 37.3 Å². The number of aliphatic hydroxyl groups excluding tert-OH is 1. The Kier molecular flexibility index (Phi) is 4.05. The highest BCUT2D eigenvalue weighted by Gasteiger charge is 2.30. The third-order valence-electron chi connectivity index (χ3n) is 3.74. The molecule has 0 bridgehead atoms. The Labute approximate surface area is 123 Å². The molecule has 1 fully saturated rings. The first-order valence-electron chi connectivity index (χ1n) is 7.21. The first-order chi connectivity index (χ1) is 10.2. The summed E-state index contributed by atoms with van der Waals surface area (Å²) in [5.74, 6) is 0.209. The average molecular weight is 288 g/mol. The molecule has 0 amide bonds. The summed E-state index contributed by atoms with van der Waals surface area (Å²) < 4.78 is 11.1. The van der Waals surface area contributed by atoms with Crippen LogP contribution in [0.1, 0.15) is 18.9 Å². The number of nitrogens with one attached hydrogen (secondary N) is 1. The summed E-state index contributed by atoms with van der Waals surface area (Å²) in [7, 11) is 0. The van der Waals surface area contributed by atoms with Crippen LogP contribution in [0.3, 0.4) is 0 Å². The topological polar surface area (TPSA) is 63.6 Å². The van der Waals surface area contributed by atoms with Crippen LogP contribution in [0.4, 0.5) is 5.82 Å². The fourth-order valence-electron chi connectivity index (χ4n) is 2.54. The Morgan fingerprint density at radius 2 is 2.05 bits per heavy atom. The lowest BCUT2D eigenvalue weighted by Crippen LogP contribution is -2.28. The Morgan fingerprint density at radius 3 is 2.81 bits per heavy atom. The lowest BCUT2D eigenvalue weighted by molar-refractivity contribution is -0.144. The number of aliphatic hydroxyl groups is 1. The van der Waals surface area contributed by atoms with Crippen LogP contribution in [0.2, 0.25) is 0 Å². The molecule has 0 spiro atoms. The minimum absolute atomic E-state index is 0.0373. The number of anilines is 1.